The first-order valence-corrected chi connectivity index (χ1v) is 11.5. The van der Waals surface area contributed by atoms with Crippen LogP contribution in [0.4, 0.5) is 5.69 Å². The molecule has 8 nitrogen and oxygen atoms in total. The van der Waals surface area contributed by atoms with Gasteiger partial charge in [-0.25, -0.2) is 4.79 Å². The Morgan fingerprint density at radius 3 is 2.58 bits per heavy atom. The molecule has 184 valence electrons. The van der Waals surface area contributed by atoms with Crippen molar-refractivity contribution in [1.29, 1.82) is 0 Å². The van der Waals surface area contributed by atoms with Crippen molar-refractivity contribution in [3.05, 3.63) is 94.8 Å². The summed E-state index contributed by atoms with van der Waals surface area (Å²) in [4.78, 5) is 44.6. The molecule has 4 rings (SSSR count). The second-order valence-electron chi connectivity index (χ2n) is 8.32. The van der Waals surface area contributed by atoms with Crippen molar-refractivity contribution < 1.29 is 29.0 Å². The van der Waals surface area contributed by atoms with E-state index in [-0.39, 0.29) is 23.5 Å². The summed E-state index contributed by atoms with van der Waals surface area (Å²) in [5, 5.41) is 11.3. The molecule has 1 saturated heterocycles. The van der Waals surface area contributed by atoms with Gasteiger partial charge in [0.05, 0.1) is 30.9 Å². The average molecular weight is 487 g/mol. The predicted octanol–water partition coefficient (Wildman–Crippen LogP) is 4.59. The minimum Gasteiger partial charge on any atom is -0.507 e. The van der Waals surface area contributed by atoms with E-state index >= 15 is 0 Å². The van der Waals surface area contributed by atoms with Gasteiger partial charge in [0.25, 0.3) is 11.7 Å². The van der Waals surface area contributed by atoms with E-state index in [0.717, 1.165) is 0 Å². The number of pyridine rings is 1. The van der Waals surface area contributed by atoms with Crippen LogP contribution in [0.25, 0.3) is 5.76 Å². The van der Waals surface area contributed by atoms with Gasteiger partial charge in [0, 0.05) is 23.6 Å². The van der Waals surface area contributed by atoms with Crippen LogP contribution in [0.2, 0.25) is 0 Å². The SMILES string of the molecule is CCCOC(=O)c1cccc(N2C(=O)C(=O)/C(=C(\O)c3ccc(OC)cc3C)C2c2cccnc2)c1. The first kappa shape index (κ1) is 24.7. The highest BCUT2D eigenvalue weighted by Crippen LogP contribution is 2.42. The highest BCUT2D eigenvalue weighted by Gasteiger charge is 2.47. The molecule has 1 aliphatic heterocycles. The Bertz CT molecular complexity index is 1350. The molecule has 36 heavy (non-hydrogen) atoms. The van der Waals surface area contributed by atoms with Gasteiger partial charge in [-0.1, -0.05) is 19.1 Å². The molecule has 1 atom stereocenters. The third-order valence-electron chi connectivity index (χ3n) is 5.93. The van der Waals surface area contributed by atoms with Crippen LogP contribution in [-0.4, -0.2) is 41.5 Å². The number of methoxy groups -OCH3 is 1. The maximum atomic E-state index is 13.3. The molecule has 1 fully saturated rings. The Balaban J connectivity index is 1.87. The molecular formula is C28H26N2O6. The van der Waals surface area contributed by atoms with Crippen LogP contribution >= 0.6 is 0 Å². The van der Waals surface area contributed by atoms with E-state index < -0.39 is 23.7 Å². The van der Waals surface area contributed by atoms with Gasteiger partial charge in [0.15, 0.2) is 0 Å². The van der Waals surface area contributed by atoms with Gasteiger partial charge in [-0.3, -0.25) is 19.5 Å². The summed E-state index contributed by atoms with van der Waals surface area (Å²) in [6.45, 7) is 3.93. The van der Waals surface area contributed by atoms with E-state index in [2.05, 4.69) is 4.98 Å². The van der Waals surface area contributed by atoms with Crippen LogP contribution in [-0.2, 0) is 14.3 Å². The van der Waals surface area contributed by atoms with Gasteiger partial charge < -0.3 is 14.6 Å². The predicted molar refractivity (Wildman–Crippen MR) is 134 cm³/mol. The fraction of sp³-hybridized carbons (Fsp3) is 0.214. The molecule has 1 aliphatic rings. The third kappa shape index (κ3) is 4.57. The normalized spacial score (nSPS) is 16.8. The minimum atomic E-state index is -0.956. The topological polar surface area (TPSA) is 106 Å². The van der Waals surface area contributed by atoms with E-state index in [1.54, 1.807) is 61.7 Å². The van der Waals surface area contributed by atoms with Crippen LogP contribution in [0.3, 0.4) is 0 Å². The summed E-state index contributed by atoms with van der Waals surface area (Å²) in [6, 6.07) is 13.8. The third-order valence-corrected chi connectivity index (χ3v) is 5.93. The largest absolute Gasteiger partial charge is 0.507 e. The molecular weight excluding hydrogens is 460 g/mol. The van der Waals surface area contributed by atoms with E-state index in [4.69, 9.17) is 9.47 Å². The maximum Gasteiger partial charge on any atom is 0.338 e. The number of rotatable bonds is 7. The highest BCUT2D eigenvalue weighted by molar-refractivity contribution is 6.51. The molecule has 1 amide bonds. The number of hydrogen-bond donors (Lipinski definition) is 1. The van der Waals surface area contributed by atoms with Gasteiger partial charge in [0.2, 0.25) is 0 Å². The Hall–Kier alpha value is -4.46. The molecule has 2 heterocycles. The Kier molecular flexibility index (Phi) is 7.15. The fourth-order valence-corrected chi connectivity index (χ4v) is 4.19. The number of benzene rings is 2. The lowest BCUT2D eigenvalue weighted by Crippen LogP contribution is -2.29. The highest BCUT2D eigenvalue weighted by atomic mass is 16.5. The standard InChI is InChI=1S/C28H26N2O6/c1-4-13-36-28(34)18-7-5-9-20(15-18)30-24(19-8-6-12-29-16-19)23(26(32)27(30)33)25(31)22-11-10-21(35-3)14-17(22)2/h5-12,14-16,24,31H,4,13H2,1-3H3/b25-23-. The van der Waals surface area contributed by atoms with Crippen LogP contribution in [0.1, 0.15) is 46.4 Å². The smallest absolute Gasteiger partial charge is 0.338 e. The lowest BCUT2D eigenvalue weighted by atomic mass is 9.94. The number of aliphatic hydroxyl groups excluding tert-OH is 1. The summed E-state index contributed by atoms with van der Waals surface area (Å²) in [5.41, 5.74) is 2.10. The van der Waals surface area contributed by atoms with E-state index in [9.17, 15) is 19.5 Å². The second-order valence-corrected chi connectivity index (χ2v) is 8.32. The molecule has 0 bridgehead atoms. The van der Waals surface area contributed by atoms with Gasteiger partial charge >= 0.3 is 5.97 Å². The molecule has 1 aromatic heterocycles. The van der Waals surface area contributed by atoms with E-state index in [0.29, 0.717) is 34.5 Å². The van der Waals surface area contributed by atoms with Crippen molar-refractivity contribution >= 4 is 29.1 Å². The number of aliphatic hydroxyl groups is 1. The lowest BCUT2D eigenvalue weighted by Gasteiger charge is -2.25. The number of anilines is 1. The molecule has 2 aromatic carbocycles. The van der Waals surface area contributed by atoms with Crippen LogP contribution in [0, 0.1) is 6.92 Å². The van der Waals surface area contributed by atoms with Crippen molar-refractivity contribution in [3.63, 3.8) is 0 Å². The molecule has 0 aliphatic carbocycles. The first-order valence-electron chi connectivity index (χ1n) is 11.5. The zero-order chi connectivity index (χ0) is 25.8. The van der Waals surface area contributed by atoms with Gasteiger partial charge in [-0.05, 0) is 66.9 Å². The molecule has 8 heteroatoms. The summed E-state index contributed by atoms with van der Waals surface area (Å²) >= 11 is 0. The average Bonchev–Trinajstić information content (AvgIpc) is 3.17. The molecule has 0 spiro atoms. The monoisotopic (exact) mass is 486 g/mol. The summed E-state index contributed by atoms with van der Waals surface area (Å²) < 4.78 is 10.5. The van der Waals surface area contributed by atoms with Crippen molar-refractivity contribution in [2.24, 2.45) is 0 Å². The fourth-order valence-electron chi connectivity index (χ4n) is 4.19. The van der Waals surface area contributed by atoms with Crippen molar-refractivity contribution in [2.75, 3.05) is 18.6 Å². The Labute approximate surface area is 208 Å². The number of hydrogen-bond acceptors (Lipinski definition) is 7. The number of amides is 1. The number of nitrogens with zero attached hydrogens (tertiary/aromatic N) is 2. The summed E-state index contributed by atoms with van der Waals surface area (Å²) in [7, 11) is 1.54. The number of ketones is 1. The Morgan fingerprint density at radius 1 is 1.11 bits per heavy atom. The zero-order valence-corrected chi connectivity index (χ0v) is 20.2. The van der Waals surface area contributed by atoms with Crippen LogP contribution in [0.5, 0.6) is 5.75 Å². The van der Waals surface area contributed by atoms with Gasteiger partial charge in [-0.15, -0.1) is 0 Å². The van der Waals surface area contributed by atoms with E-state index in [1.165, 1.54) is 24.3 Å². The molecule has 0 radical (unpaired) electrons. The summed E-state index contributed by atoms with van der Waals surface area (Å²) in [5.74, 6) is -1.89. The van der Waals surface area contributed by atoms with Crippen LogP contribution in [0.15, 0.2) is 72.6 Å². The number of aromatic nitrogens is 1. The Morgan fingerprint density at radius 2 is 1.92 bits per heavy atom. The molecule has 0 saturated carbocycles. The number of aryl methyl sites for hydroxylation is 1. The van der Waals surface area contributed by atoms with Crippen molar-refractivity contribution in [3.8, 4) is 5.75 Å². The molecule has 1 unspecified atom stereocenters. The van der Waals surface area contributed by atoms with E-state index in [1.807, 2.05) is 6.92 Å². The maximum absolute atomic E-state index is 13.3. The first-order chi connectivity index (χ1) is 17.4. The minimum absolute atomic E-state index is 0.0692. The lowest BCUT2D eigenvalue weighted by molar-refractivity contribution is -0.132. The summed E-state index contributed by atoms with van der Waals surface area (Å²) in [6.07, 6.45) is 3.79. The van der Waals surface area contributed by atoms with Gasteiger partial charge in [0.1, 0.15) is 11.5 Å². The van der Waals surface area contributed by atoms with Crippen LogP contribution < -0.4 is 9.64 Å². The second kappa shape index (κ2) is 10.4. The molecule has 3 aromatic rings. The number of carbonyl (C=O) groups is 3. The van der Waals surface area contributed by atoms with Gasteiger partial charge in [-0.2, -0.15) is 0 Å². The quantitative estimate of drug-likeness (QED) is 0.225. The van der Waals surface area contributed by atoms with Crippen molar-refractivity contribution in [1.82, 2.24) is 4.98 Å². The number of esters is 1. The zero-order valence-electron chi connectivity index (χ0n) is 20.2. The number of carbonyl (C=O) groups excluding carboxylic acids is 3. The molecule has 1 N–H and O–H groups in total. The number of ether oxygens (including phenoxy) is 2. The van der Waals surface area contributed by atoms with Crippen molar-refractivity contribution in [2.45, 2.75) is 26.3 Å². The number of Topliss-reactive ketones (excluding diaryl/α,β-unsaturated/α-hetero) is 1.